The Morgan fingerprint density at radius 3 is 0.725 bits per heavy atom. The fourth-order valence-corrected chi connectivity index (χ4v) is 9.62. The fraction of sp³-hybridized carbons (Fsp3) is 0.143. The van der Waals surface area contributed by atoms with Gasteiger partial charge in [0.2, 0.25) is 19.7 Å². The Balaban J connectivity index is 1.54. The normalized spacial score (nSPS) is 18.5. The van der Waals surface area contributed by atoms with E-state index in [-0.39, 0.29) is 19.6 Å². The lowest BCUT2D eigenvalue weighted by atomic mass is 10.3. The van der Waals surface area contributed by atoms with Crippen molar-refractivity contribution in [2.45, 2.75) is 45.8 Å². The van der Waals surface area contributed by atoms with E-state index in [2.05, 4.69) is 0 Å². The predicted molar refractivity (Wildman–Crippen MR) is 154 cm³/mol. The van der Waals surface area contributed by atoms with Crippen LogP contribution >= 0.6 is 0 Å². The zero-order valence-electron chi connectivity index (χ0n) is 22.3. The Labute approximate surface area is 236 Å². The molecule has 0 spiro atoms. The topological polar surface area (TPSA) is 105 Å². The van der Waals surface area contributed by atoms with Gasteiger partial charge in [-0.1, -0.05) is 0 Å². The zero-order valence-corrected chi connectivity index (χ0v) is 26.0. The monoisotopic (exact) mass is 612 g/mol. The van der Waals surface area contributed by atoms with Gasteiger partial charge in [-0.3, -0.25) is 0 Å². The molecule has 40 heavy (non-hydrogen) atoms. The molecule has 0 amide bonds. The first-order chi connectivity index (χ1) is 18.7. The van der Waals surface area contributed by atoms with Crippen LogP contribution < -0.4 is 17.7 Å². The van der Waals surface area contributed by atoms with Gasteiger partial charge in [-0.05, 0) is 97.1 Å². The molecule has 0 aliphatic carbocycles. The molecule has 7 aliphatic heterocycles. The fourth-order valence-electron chi connectivity index (χ4n) is 4.20. The van der Waals surface area contributed by atoms with E-state index in [0.717, 1.165) is 0 Å². The van der Waals surface area contributed by atoms with Gasteiger partial charge in [-0.2, -0.15) is 0 Å². The molecule has 11 rings (SSSR count). The average Bonchev–Trinajstić information content (AvgIpc) is 2.88. The van der Waals surface area contributed by atoms with E-state index >= 15 is 0 Å². The molecule has 4 aromatic rings. The van der Waals surface area contributed by atoms with Crippen molar-refractivity contribution in [2.75, 3.05) is 0 Å². The third kappa shape index (κ3) is 5.94. The minimum absolute atomic E-state index is 0.127. The summed E-state index contributed by atoms with van der Waals surface area (Å²) < 4.78 is 77.3. The summed E-state index contributed by atoms with van der Waals surface area (Å²) >= 11 is 0. The van der Waals surface area contributed by atoms with Crippen molar-refractivity contribution in [2.24, 2.45) is 0 Å². The van der Waals surface area contributed by atoms with E-state index in [1.54, 1.807) is 48.5 Å². The van der Waals surface area contributed by atoms with Gasteiger partial charge < -0.3 is 17.7 Å². The summed E-state index contributed by atoms with van der Waals surface area (Å²) in [6, 6.07) is 24.7. The van der Waals surface area contributed by atoms with Crippen LogP contribution in [0.3, 0.4) is 0 Å². The van der Waals surface area contributed by atoms with Gasteiger partial charge in [0.15, 0.2) is 0 Å². The van der Waals surface area contributed by atoms with Crippen LogP contribution in [0.4, 0.5) is 0 Å². The van der Waals surface area contributed by atoms with Crippen LogP contribution in [-0.2, 0) is 19.7 Å². The molecule has 0 unspecified atom stereocenters. The average molecular weight is 613 g/mol. The maximum Gasteiger partial charge on any atom is 0.454 e. The van der Waals surface area contributed by atoms with Gasteiger partial charge >= 0.3 is 17.1 Å². The molecule has 0 fully saturated rings. The molecule has 4 aromatic carbocycles. The predicted octanol–water partition coefficient (Wildman–Crippen LogP) is 5.98. The summed E-state index contributed by atoms with van der Waals surface area (Å²) in [5.41, 5.74) is 0. The molecule has 208 valence electrons. The number of hydrogen-bond donors (Lipinski definition) is 0. The molecule has 0 radical (unpaired) electrons. The number of rotatable bonds is 0. The molecule has 0 atom stereocenters. The highest BCUT2D eigenvalue weighted by Crippen LogP contribution is 2.30. The van der Waals surface area contributed by atoms with Crippen LogP contribution in [0.25, 0.3) is 0 Å². The van der Waals surface area contributed by atoms with E-state index in [1.165, 1.54) is 48.5 Å². The Morgan fingerprint density at radius 1 is 0.375 bits per heavy atom. The van der Waals surface area contributed by atoms with Gasteiger partial charge in [0.25, 0.3) is 0 Å². The summed E-state index contributed by atoms with van der Waals surface area (Å²) in [6.45, 7) is 7.35. The maximum atomic E-state index is 13.2. The second-order valence-electron chi connectivity index (χ2n) is 10.1. The third-order valence-corrected chi connectivity index (χ3v) is 12.5. The van der Waals surface area contributed by atoms with Gasteiger partial charge in [0.1, 0.15) is 23.0 Å². The first-order valence-electron chi connectivity index (χ1n) is 12.4. The molecule has 8 nitrogen and oxygen atoms in total. The molecule has 0 N–H and O–H groups in total. The molecular weight excluding hydrogens is 585 g/mol. The highest BCUT2D eigenvalue weighted by molar-refractivity contribution is 7.91. The van der Waals surface area contributed by atoms with Gasteiger partial charge in [-0.15, -0.1) is 0 Å². The van der Waals surface area contributed by atoms with Crippen LogP contribution in [0.15, 0.2) is 117 Å². The SMILES string of the molecule is C[Si]1(C)Oc2ccc(cc2)S(=O)(=O)c2ccc(cc2)O[Si](C)(C)Oc2ccc(cc2)S(=O)(=O)c2ccc(cc2)O1. The lowest BCUT2D eigenvalue weighted by Crippen LogP contribution is -2.41. The Kier molecular flexibility index (Phi) is 7.07. The molecular formula is C28H28O8S2Si2. The van der Waals surface area contributed by atoms with Crippen molar-refractivity contribution < 1.29 is 34.5 Å². The standard InChI is InChI=1S/C28H28O8S2Si2/c1-39(2)33-21-5-13-25(14-6-21)37(29,30)27-17-9-23(10-18-27)35-40(3,4)36-24-11-19-28(20-12-24)38(31,32)26-15-7-22(34-39)8-16-26/h5-20H,1-4H3. The van der Waals surface area contributed by atoms with Crippen molar-refractivity contribution in [1.29, 1.82) is 0 Å². The largest absolute Gasteiger partial charge is 0.512 e. The van der Waals surface area contributed by atoms with Crippen molar-refractivity contribution in [3.63, 3.8) is 0 Å². The Hall–Kier alpha value is -3.59. The Bertz CT molecular complexity index is 1490. The van der Waals surface area contributed by atoms with Crippen LogP contribution in [0, 0.1) is 0 Å². The van der Waals surface area contributed by atoms with Crippen LogP contribution in [0.1, 0.15) is 0 Å². The molecule has 8 bridgehead atoms. The van der Waals surface area contributed by atoms with Crippen molar-refractivity contribution >= 4 is 36.8 Å². The summed E-state index contributed by atoms with van der Waals surface area (Å²) in [4.78, 5) is 0.506. The van der Waals surface area contributed by atoms with E-state index in [1.807, 2.05) is 26.2 Å². The minimum Gasteiger partial charge on any atom is -0.512 e. The van der Waals surface area contributed by atoms with Crippen molar-refractivity contribution in [3.8, 4) is 23.0 Å². The van der Waals surface area contributed by atoms with E-state index < -0.39 is 36.8 Å². The first kappa shape index (κ1) is 28.0. The zero-order chi connectivity index (χ0) is 28.8. The highest BCUT2D eigenvalue weighted by Gasteiger charge is 2.31. The summed E-state index contributed by atoms with van der Waals surface area (Å²) in [7, 11) is -13.1. The second-order valence-corrected chi connectivity index (χ2v) is 20.4. The molecule has 0 saturated heterocycles. The second kappa shape index (κ2) is 10.1. The lowest BCUT2D eigenvalue weighted by molar-refractivity contribution is 0.398. The molecule has 0 aromatic heterocycles. The minimum atomic E-state index is -3.77. The third-order valence-electron chi connectivity index (χ3n) is 5.99. The summed E-state index contributed by atoms with van der Waals surface area (Å²) in [5, 5.41) is 0. The molecule has 7 heterocycles. The molecule has 12 heteroatoms. The first-order valence-corrected chi connectivity index (χ1v) is 21.0. The van der Waals surface area contributed by atoms with E-state index in [9.17, 15) is 16.8 Å². The van der Waals surface area contributed by atoms with Crippen molar-refractivity contribution in [3.05, 3.63) is 97.1 Å². The van der Waals surface area contributed by atoms with Crippen LogP contribution in [0.5, 0.6) is 23.0 Å². The number of sulfone groups is 2. The Morgan fingerprint density at radius 2 is 0.550 bits per heavy atom. The van der Waals surface area contributed by atoms with Crippen LogP contribution in [-0.4, -0.2) is 34.0 Å². The molecule has 0 saturated carbocycles. The smallest absolute Gasteiger partial charge is 0.454 e. The van der Waals surface area contributed by atoms with Crippen LogP contribution in [0.2, 0.25) is 26.2 Å². The quantitative estimate of drug-likeness (QED) is 0.223. The van der Waals surface area contributed by atoms with E-state index in [0.29, 0.717) is 23.0 Å². The van der Waals surface area contributed by atoms with E-state index in [4.69, 9.17) is 17.7 Å². The molecule has 7 aliphatic rings. The summed E-state index contributed by atoms with van der Waals surface area (Å²) in [6.07, 6.45) is 0. The van der Waals surface area contributed by atoms with Gasteiger partial charge in [-0.25, -0.2) is 16.8 Å². The van der Waals surface area contributed by atoms with Gasteiger partial charge in [0.05, 0.1) is 19.6 Å². The maximum absolute atomic E-state index is 13.2. The highest BCUT2D eigenvalue weighted by atomic mass is 32.2. The number of benzene rings is 4. The summed E-state index contributed by atoms with van der Waals surface area (Å²) in [5.74, 6) is 1.85. The lowest BCUT2D eigenvalue weighted by Gasteiger charge is -2.25. The van der Waals surface area contributed by atoms with Crippen molar-refractivity contribution in [1.82, 2.24) is 0 Å². The van der Waals surface area contributed by atoms with Gasteiger partial charge in [0, 0.05) is 26.2 Å². The number of hydrogen-bond acceptors (Lipinski definition) is 8.